The molecule has 0 heterocycles. The van der Waals surface area contributed by atoms with Crippen LogP contribution in [0.2, 0.25) is 0 Å². The standard InChI is InChI=1S/C21H29N2OP/c1-17(2)22-20-15-9-10-16-21(20)23-25(24,18-11-5-3-6-12-18)19-13-7-4-8-14-19/h3-8,11-14,17,20-22H,9-10,15-16H2,1-2H3,(H,23,24)/t20-,21-/m1/s1. The molecule has 1 aliphatic rings. The molecule has 0 aromatic heterocycles. The summed E-state index contributed by atoms with van der Waals surface area (Å²) < 4.78 is 14.2. The number of nitrogens with one attached hydrogen (secondary N) is 2. The molecule has 3 rings (SSSR count). The Balaban J connectivity index is 1.94. The summed E-state index contributed by atoms with van der Waals surface area (Å²) in [7, 11) is -2.86. The van der Waals surface area contributed by atoms with E-state index in [1.54, 1.807) is 0 Å². The maximum atomic E-state index is 14.2. The second-order valence-corrected chi connectivity index (χ2v) is 9.74. The van der Waals surface area contributed by atoms with E-state index >= 15 is 0 Å². The minimum atomic E-state index is -2.86. The molecule has 0 bridgehead atoms. The molecule has 2 aromatic rings. The maximum absolute atomic E-state index is 14.2. The highest BCUT2D eigenvalue weighted by Crippen LogP contribution is 2.41. The van der Waals surface area contributed by atoms with Crippen molar-refractivity contribution in [2.45, 2.75) is 57.7 Å². The average molecular weight is 356 g/mol. The quantitative estimate of drug-likeness (QED) is 0.773. The van der Waals surface area contributed by atoms with Crippen LogP contribution in [0.5, 0.6) is 0 Å². The molecule has 1 aliphatic carbocycles. The molecule has 0 spiro atoms. The predicted octanol–water partition coefficient (Wildman–Crippen LogP) is 3.81. The van der Waals surface area contributed by atoms with Crippen LogP contribution in [0.25, 0.3) is 0 Å². The smallest absolute Gasteiger partial charge is 0.204 e. The van der Waals surface area contributed by atoms with Gasteiger partial charge in [0.05, 0.1) is 0 Å². The summed E-state index contributed by atoms with van der Waals surface area (Å²) in [6.07, 6.45) is 4.63. The lowest BCUT2D eigenvalue weighted by Gasteiger charge is -2.37. The van der Waals surface area contributed by atoms with Crippen molar-refractivity contribution >= 4 is 17.9 Å². The molecule has 0 saturated heterocycles. The third-order valence-corrected chi connectivity index (χ3v) is 7.65. The van der Waals surface area contributed by atoms with Crippen LogP contribution in [0, 0.1) is 0 Å². The normalized spacial score (nSPS) is 21.4. The van der Waals surface area contributed by atoms with Crippen molar-refractivity contribution in [3.8, 4) is 0 Å². The fraction of sp³-hybridized carbons (Fsp3) is 0.429. The third kappa shape index (κ3) is 4.41. The molecule has 0 amide bonds. The molecule has 0 aliphatic heterocycles. The van der Waals surface area contributed by atoms with Crippen LogP contribution in [0.3, 0.4) is 0 Å². The average Bonchev–Trinajstić information content (AvgIpc) is 2.64. The van der Waals surface area contributed by atoms with Crippen molar-refractivity contribution in [3.05, 3.63) is 60.7 Å². The minimum Gasteiger partial charge on any atom is -0.310 e. The van der Waals surface area contributed by atoms with Crippen LogP contribution in [-0.4, -0.2) is 18.1 Å². The van der Waals surface area contributed by atoms with E-state index in [4.69, 9.17) is 0 Å². The summed E-state index contributed by atoms with van der Waals surface area (Å²) >= 11 is 0. The number of rotatable bonds is 6. The van der Waals surface area contributed by atoms with Gasteiger partial charge in [0, 0.05) is 28.7 Å². The molecular formula is C21H29N2OP. The van der Waals surface area contributed by atoms with Crippen molar-refractivity contribution in [2.24, 2.45) is 0 Å². The van der Waals surface area contributed by atoms with E-state index in [0.717, 1.165) is 23.5 Å². The highest BCUT2D eigenvalue weighted by molar-refractivity contribution is 7.76. The lowest BCUT2D eigenvalue weighted by atomic mass is 9.90. The van der Waals surface area contributed by atoms with Gasteiger partial charge in [0.1, 0.15) is 0 Å². The van der Waals surface area contributed by atoms with Gasteiger partial charge in [0.2, 0.25) is 7.29 Å². The molecule has 1 saturated carbocycles. The first kappa shape index (κ1) is 18.4. The Bertz CT molecular complexity index is 659. The van der Waals surface area contributed by atoms with Gasteiger partial charge in [-0.25, -0.2) is 0 Å². The zero-order valence-corrected chi connectivity index (χ0v) is 16.1. The minimum absolute atomic E-state index is 0.224. The molecule has 0 radical (unpaired) electrons. The lowest BCUT2D eigenvalue weighted by Crippen LogP contribution is -2.52. The van der Waals surface area contributed by atoms with Crippen molar-refractivity contribution in [1.82, 2.24) is 10.4 Å². The van der Waals surface area contributed by atoms with Crippen molar-refractivity contribution in [1.29, 1.82) is 0 Å². The SMILES string of the molecule is CC(C)N[C@@H]1CCCC[C@H]1NP(=O)(c1ccccc1)c1ccccc1. The van der Waals surface area contributed by atoms with E-state index in [9.17, 15) is 4.57 Å². The molecule has 2 aromatic carbocycles. The van der Waals surface area contributed by atoms with E-state index in [1.165, 1.54) is 12.8 Å². The Morgan fingerprint density at radius 3 is 1.80 bits per heavy atom. The zero-order chi connectivity index (χ0) is 17.7. The van der Waals surface area contributed by atoms with Gasteiger partial charge in [-0.05, 0) is 37.1 Å². The van der Waals surface area contributed by atoms with Crippen LogP contribution in [0.1, 0.15) is 39.5 Å². The molecule has 4 heteroatoms. The summed E-state index contributed by atoms with van der Waals surface area (Å²) in [5.74, 6) is 0. The summed E-state index contributed by atoms with van der Waals surface area (Å²) in [6, 6.07) is 20.8. The highest BCUT2D eigenvalue weighted by Gasteiger charge is 2.34. The van der Waals surface area contributed by atoms with Crippen LogP contribution in [-0.2, 0) is 4.57 Å². The molecule has 0 unspecified atom stereocenters. The first-order valence-corrected chi connectivity index (χ1v) is 11.1. The topological polar surface area (TPSA) is 41.1 Å². The Morgan fingerprint density at radius 2 is 1.32 bits per heavy atom. The first-order valence-electron chi connectivity index (χ1n) is 9.35. The number of hydrogen-bond donors (Lipinski definition) is 2. The second-order valence-electron chi connectivity index (χ2n) is 7.23. The van der Waals surface area contributed by atoms with Crippen molar-refractivity contribution in [3.63, 3.8) is 0 Å². The molecule has 2 atom stereocenters. The van der Waals surface area contributed by atoms with Crippen LogP contribution in [0.15, 0.2) is 60.7 Å². The molecule has 2 N–H and O–H groups in total. The Hall–Kier alpha value is -1.41. The summed E-state index contributed by atoms with van der Waals surface area (Å²) in [4.78, 5) is 0. The van der Waals surface area contributed by atoms with Gasteiger partial charge in [0.15, 0.2) is 0 Å². The van der Waals surface area contributed by atoms with Gasteiger partial charge in [-0.15, -0.1) is 0 Å². The van der Waals surface area contributed by atoms with E-state index in [-0.39, 0.29) is 6.04 Å². The van der Waals surface area contributed by atoms with Gasteiger partial charge in [0.25, 0.3) is 0 Å². The zero-order valence-electron chi connectivity index (χ0n) is 15.2. The van der Waals surface area contributed by atoms with Gasteiger partial charge < -0.3 is 5.32 Å². The lowest BCUT2D eigenvalue weighted by molar-refractivity contribution is 0.295. The monoisotopic (exact) mass is 356 g/mol. The largest absolute Gasteiger partial charge is 0.310 e. The van der Waals surface area contributed by atoms with E-state index in [0.29, 0.717) is 12.1 Å². The third-order valence-electron chi connectivity index (χ3n) is 4.90. The van der Waals surface area contributed by atoms with Gasteiger partial charge >= 0.3 is 0 Å². The van der Waals surface area contributed by atoms with Crippen molar-refractivity contribution in [2.75, 3.05) is 0 Å². The predicted molar refractivity (Wildman–Crippen MR) is 107 cm³/mol. The summed E-state index contributed by atoms with van der Waals surface area (Å²) in [6.45, 7) is 4.36. The molecule has 134 valence electrons. The van der Waals surface area contributed by atoms with Gasteiger partial charge in [-0.3, -0.25) is 9.65 Å². The summed E-state index contributed by atoms with van der Waals surface area (Å²) in [5, 5.41) is 9.06. The van der Waals surface area contributed by atoms with E-state index in [2.05, 4.69) is 24.3 Å². The highest BCUT2D eigenvalue weighted by atomic mass is 31.2. The van der Waals surface area contributed by atoms with Crippen LogP contribution in [0.4, 0.5) is 0 Å². The molecule has 1 fully saturated rings. The maximum Gasteiger partial charge on any atom is 0.204 e. The molecule has 3 nitrogen and oxygen atoms in total. The molecule has 25 heavy (non-hydrogen) atoms. The van der Waals surface area contributed by atoms with Crippen molar-refractivity contribution < 1.29 is 4.57 Å². The summed E-state index contributed by atoms with van der Waals surface area (Å²) in [5.41, 5.74) is 0. The fourth-order valence-electron chi connectivity index (χ4n) is 3.72. The van der Waals surface area contributed by atoms with Crippen LogP contribution >= 0.6 is 7.29 Å². The van der Waals surface area contributed by atoms with E-state index < -0.39 is 7.29 Å². The Morgan fingerprint density at radius 1 is 0.840 bits per heavy atom. The second kappa shape index (κ2) is 8.31. The fourth-order valence-corrected chi connectivity index (χ4v) is 6.28. The Labute approximate surface area is 151 Å². The van der Waals surface area contributed by atoms with E-state index in [1.807, 2.05) is 60.7 Å². The van der Waals surface area contributed by atoms with Gasteiger partial charge in [-0.2, -0.15) is 0 Å². The molecular weight excluding hydrogens is 327 g/mol. The Kier molecular flexibility index (Phi) is 6.11. The van der Waals surface area contributed by atoms with Gasteiger partial charge in [-0.1, -0.05) is 63.1 Å². The van der Waals surface area contributed by atoms with Crippen LogP contribution < -0.4 is 21.0 Å². The number of benzene rings is 2. The number of hydrogen-bond acceptors (Lipinski definition) is 2. The first-order chi connectivity index (χ1) is 12.1.